The highest BCUT2D eigenvalue weighted by molar-refractivity contribution is 6.62. The molecule has 2 fully saturated rings. The molecular weight excluding hydrogens is 486 g/mol. The molecule has 0 saturated carbocycles. The van der Waals surface area contributed by atoms with Gasteiger partial charge in [0.2, 0.25) is 0 Å². The summed E-state index contributed by atoms with van der Waals surface area (Å²) < 4.78 is 86.3. The summed E-state index contributed by atoms with van der Waals surface area (Å²) in [6, 6.07) is 8.26. The van der Waals surface area contributed by atoms with Gasteiger partial charge >= 0.3 is 26.1 Å². The van der Waals surface area contributed by atoms with Crippen molar-refractivity contribution in [3.63, 3.8) is 0 Å². The molecule has 2 aliphatic heterocycles. The highest BCUT2D eigenvalue weighted by Gasteiger charge is 2.64. The molecule has 4 nitrogen and oxygen atoms in total. The fourth-order valence-corrected chi connectivity index (χ4v) is 5.16. The average molecular weight is 518 g/mol. The maximum absolute atomic E-state index is 15.6. The minimum atomic E-state index is -4.46. The zero-order chi connectivity index (χ0) is 27.4. The van der Waals surface area contributed by atoms with Gasteiger partial charge in [-0.05, 0) is 76.9 Å². The smallest absolute Gasteiger partial charge is 0.399 e. The first-order valence-electron chi connectivity index (χ1n) is 12.6. The lowest BCUT2D eigenvalue weighted by Gasteiger charge is -2.35. The Labute approximate surface area is 216 Å². The second kappa shape index (κ2) is 7.84. The van der Waals surface area contributed by atoms with Gasteiger partial charge in [-0.15, -0.1) is 0 Å². The van der Waals surface area contributed by atoms with E-state index in [1.54, 1.807) is 12.1 Å². The van der Waals surface area contributed by atoms with Gasteiger partial charge in [0.1, 0.15) is 0 Å². The average Bonchev–Trinajstić information content (AvgIpc) is 3.18. The third-order valence-electron chi connectivity index (χ3n) is 8.96. The van der Waals surface area contributed by atoms with Gasteiger partial charge < -0.3 is 18.6 Å². The van der Waals surface area contributed by atoms with Crippen LogP contribution in [0.2, 0.25) is 0 Å². The molecule has 0 bridgehead atoms. The molecule has 5 rings (SSSR count). The van der Waals surface area contributed by atoms with Gasteiger partial charge in [-0.1, -0.05) is 43.3 Å². The highest BCUT2D eigenvalue weighted by atomic mass is 19.3. The van der Waals surface area contributed by atoms with Crippen molar-refractivity contribution in [3.8, 4) is 11.1 Å². The topological polar surface area (TPSA) is 36.9 Å². The Bertz CT molecular complexity index is 1250. The van der Waals surface area contributed by atoms with Crippen LogP contribution in [0.1, 0.15) is 72.9 Å². The maximum Gasteiger partial charge on any atom is 0.494 e. The zero-order valence-electron chi connectivity index (χ0n) is 22.5. The van der Waals surface area contributed by atoms with Crippen LogP contribution < -0.4 is 10.9 Å². The molecule has 10 heteroatoms. The van der Waals surface area contributed by atoms with Crippen LogP contribution in [0, 0.1) is 0 Å². The first kappa shape index (κ1) is 26.7. The Morgan fingerprint density at radius 1 is 0.595 bits per heavy atom. The molecule has 2 aromatic rings. The molecule has 1 atom stereocenters. The summed E-state index contributed by atoms with van der Waals surface area (Å²) >= 11 is 0. The molecule has 37 heavy (non-hydrogen) atoms. The molecular formula is C27H32B2F4O4. The summed E-state index contributed by atoms with van der Waals surface area (Å²) in [6.45, 7) is 14.9. The Morgan fingerprint density at radius 3 is 1.35 bits per heavy atom. The van der Waals surface area contributed by atoms with Crippen LogP contribution in [0.15, 0.2) is 36.4 Å². The minimum absolute atomic E-state index is 0.0460. The third kappa shape index (κ3) is 3.66. The quantitative estimate of drug-likeness (QED) is 0.395. The highest BCUT2D eigenvalue weighted by Crippen LogP contribution is 2.57. The minimum Gasteiger partial charge on any atom is -0.399 e. The summed E-state index contributed by atoms with van der Waals surface area (Å²) in [4.78, 5) is 0. The van der Waals surface area contributed by atoms with Gasteiger partial charge in [0, 0.05) is 11.1 Å². The van der Waals surface area contributed by atoms with E-state index < -0.39 is 59.6 Å². The largest absolute Gasteiger partial charge is 0.494 e. The van der Waals surface area contributed by atoms with Gasteiger partial charge in [-0.3, -0.25) is 0 Å². The summed E-state index contributed by atoms with van der Waals surface area (Å²) in [5.41, 5.74) is -3.61. The van der Waals surface area contributed by atoms with Crippen molar-refractivity contribution in [1.82, 2.24) is 0 Å². The van der Waals surface area contributed by atoms with Crippen LogP contribution in [0.5, 0.6) is 0 Å². The fraction of sp³-hybridized carbons (Fsp3) is 0.556. The molecule has 0 N–H and O–H groups in total. The fourth-order valence-electron chi connectivity index (χ4n) is 5.16. The molecule has 0 spiro atoms. The van der Waals surface area contributed by atoms with E-state index in [0.717, 1.165) is 12.1 Å². The lowest BCUT2D eigenvalue weighted by molar-refractivity contribution is -0.225. The van der Waals surface area contributed by atoms with Crippen LogP contribution in [0.3, 0.4) is 0 Å². The molecule has 0 amide bonds. The summed E-state index contributed by atoms with van der Waals surface area (Å²) in [5.74, 6) is -8.91. The van der Waals surface area contributed by atoms with Crippen molar-refractivity contribution in [3.05, 3.63) is 47.5 Å². The number of fused-ring (bicyclic) bond motifs is 3. The molecule has 198 valence electrons. The third-order valence-corrected chi connectivity index (χ3v) is 8.96. The molecule has 2 aromatic carbocycles. The van der Waals surface area contributed by atoms with Crippen LogP contribution in [0.4, 0.5) is 17.6 Å². The monoisotopic (exact) mass is 518 g/mol. The summed E-state index contributed by atoms with van der Waals surface area (Å²) in [5, 5.41) is 0. The Balaban J connectivity index is 1.57. The lowest BCUT2D eigenvalue weighted by atomic mass is 9.71. The molecule has 1 unspecified atom stereocenters. The summed E-state index contributed by atoms with van der Waals surface area (Å²) in [6.07, 6.45) is 0.633. The predicted molar refractivity (Wildman–Crippen MR) is 136 cm³/mol. The first-order chi connectivity index (χ1) is 16.9. The maximum atomic E-state index is 15.6. The number of alkyl halides is 4. The van der Waals surface area contributed by atoms with E-state index in [9.17, 15) is 0 Å². The second-order valence-corrected chi connectivity index (χ2v) is 12.0. The Kier molecular flexibility index (Phi) is 5.66. The van der Waals surface area contributed by atoms with Crippen LogP contribution in [0.25, 0.3) is 11.1 Å². The van der Waals surface area contributed by atoms with Crippen molar-refractivity contribution >= 4 is 25.2 Å². The van der Waals surface area contributed by atoms with E-state index in [2.05, 4.69) is 0 Å². The van der Waals surface area contributed by atoms with E-state index in [1.807, 2.05) is 55.4 Å². The van der Waals surface area contributed by atoms with Gasteiger partial charge in [0.05, 0.1) is 22.4 Å². The van der Waals surface area contributed by atoms with Crippen LogP contribution in [-0.2, 0) is 30.5 Å². The van der Waals surface area contributed by atoms with Crippen LogP contribution >= 0.6 is 0 Å². The molecule has 1 aliphatic carbocycles. The van der Waals surface area contributed by atoms with E-state index in [1.165, 1.54) is 12.1 Å². The molecule has 2 saturated heterocycles. The van der Waals surface area contributed by atoms with Crippen molar-refractivity contribution in [2.45, 2.75) is 96.1 Å². The van der Waals surface area contributed by atoms with Crippen molar-refractivity contribution in [2.75, 3.05) is 0 Å². The molecule has 2 heterocycles. The molecule has 0 aromatic heterocycles. The van der Waals surface area contributed by atoms with Gasteiger partial charge in [-0.2, -0.15) is 17.6 Å². The number of rotatable bonds is 3. The van der Waals surface area contributed by atoms with Crippen molar-refractivity contribution in [2.24, 2.45) is 0 Å². The van der Waals surface area contributed by atoms with Crippen molar-refractivity contribution < 1.29 is 36.2 Å². The standard InChI is InChI=1S/C27H32B2F4O4/c1-9-25(8)24(6,7)36-29(37-25)17-11-13-19-18-12-10-16(28-34-22(2,3)23(4,5)35-28)14-20(18)26(30,31)27(32,33)21(19)15-17/h10-15H,9H2,1-8H3. The van der Waals surface area contributed by atoms with E-state index >= 15 is 17.6 Å². The van der Waals surface area contributed by atoms with Gasteiger partial charge in [0.15, 0.2) is 0 Å². The number of halogens is 4. The normalized spacial score (nSPS) is 28.2. The SMILES string of the molecule is CCC1(C)OB(c2ccc3c(c2)C(F)(F)C(F)(F)c2cc(B4OC(C)(C)C(C)(C)O4)ccc2-3)OC1(C)C. The first-order valence-corrected chi connectivity index (χ1v) is 12.6. The van der Waals surface area contributed by atoms with E-state index in [4.69, 9.17) is 18.6 Å². The van der Waals surface area contributed by atoms with E-state index in [-0.39, 0.29) is 22.1 Å². The van der Waals surface area contributed by atoms with E-state index in [0.29, 0.717) is 6.42 Å². The second-order valence-electron chi connectivity index (χ2n) is 12.0. The Morgan fingerprint density at radius 2 is 0.973 bits per heavy atom. The van der Waals surface area contributed by atoms with Crippen LogP contribution in [-0.4, -0.2) is 36.6 Å². The predicted octanol–water partition coefficient (Wildman–Crippen LogP) is 5.54. The molecule has 3 aliphatic rings. The number of hydrogen-bond donors (Lipinski definition) is 0. The lowest BCUT2D eigenvalue weighted by Crippen LogP contribution is -2.44. The zero-order valence-corrected chi connectivity index (χ0v) is 22.5. The van der Waals surface area contributed by atoms with Gasteiger partial charge in [-0.25, -0.2) is 0 Å². The molecule has 0 radical (unpaired) electrons. The van der Waals surface area contributed by atoms with Gasteiger partial charge in [0.25, 0.3) is 0 Å². The number of benzene rings is 2. The van der Waals surface area contributed by atoms with Crippen molar-refractivity contribution in [1.29, 1.82) is 0 Å². The Hall–Kier alpha value is -1.87. The number of hydrogen-bond acceptors (Lipinski definition) is 4. The summed E-state index contributed by atoms with van der Waals surface area (Å²) in [7, 11) is -1.89.